The molecule has 0 amide bonds. The van der Waals surface area contributed by atoms with Gasteiger partial charge in [-0.1, -0.05) is 0 Å². The van der Waals surface area contributed by atoms with Gasteiger partial charge in [0, 0.05) is 30.3 Å². The summed E-state index contributed by atoms with van der Waals surface area (Å²) < 4.78 is 21.1. The average molecular weight is 180 g/mol. The van der Waals surface area contributed by atoms with Gasteiger partial charge in [-0.3, -0.25) is 4.21 Å². The molecule has 0 saturated heterocycles. The Kier molecular flexibility index (Phi) is 6.80. The van der Waals surface area contributed by atoms with Crippen LogP contribution in [0, 0.1) is 0 Å². The zero-order valence-electron chi connectivity index (χ0n) is 7.33. The fraction of sp³-hybridized carbons (Fsp3) is 1.00. The Hall–Kier alpha value is 0.0700. The quantitative estimate of drug-likeness (QED) is 0.566. The van der Waals surface area contributed by atoms with E-state index in [0.29, 0.717) is 19.0 Å². The molecule has 0 fully saturated rings. The van der Waals surface area contributed by atoms with E-state index in [9.17, 15) is 4.21 Å². The molecule has 0 radical (unpaired) electrons. The summed E-state index contributed by atoms with van der Waals surface area (Å²) in [6, 6.07) is 0. The summed E-state index contributed by atoms with van der Waals surface area (Å²) in [6.45, 7) is 4.99. The molecule has 0 aliphatic carbocycles. The van der Waals surface area contributed by atoms with Crippen LogP contribution >= 0.6 is 0 Å². The van der Waals surface area contributed by atoms with Crippen molar-refractivity contribution in [3.63, 3.8) is 0 Å². The molecule has 1 unspecified atom stereocenters. The lowest BCUT2D eigenvalue weighted by Crippen LogP contribution is -2.23. The van der Waals surface area contributed by atoms with Crippen molar-refractivity contribution < 1.29 is 13.7 Å². The third-order valence-corrected chi connectivity index (χ3v) is 1.82. The monoisotopic (exact) mass is 180 g/mol. The van der Waals surface area contributed by atoms with Crippen molar-refractivity contribution >= 4 is 10.8 Å². The molecule has 11 heavy (non-hydrogen) atoms. The highest BCUT2D eigenvalue weighted by atomic mass is 32.2. The van der Waals surface area contributed by atoms with Gasteiger partial charge in [-0.2, -0.15) is 0 Å². The van der Waals surface area contributed by atoms with Gasteiger partial charge in [0.25, 0.3) is 0 Å². The topological polar surface area (TPSA) is 35.5 Å². The van der Waals surface area contributed by atoms with E-state index >= 15 is 0 Å². The van der Waals surface area contributed by atoms with Crippen LogP contribution in [-0.2, 0) is 20.3 Å². The van der Waals surface area contributed by atoms with Crippen LogP contribution in [0.2, 0.25) is 0 Å². The molecular weight excluding hydrogens is 164 g/mol. The van der Waals surface area contributed by atoms with Crippen LogP contribution in [0.3, 0.4) is 0 Å². The molecule has 0 aliphatic rings. The predicted octanol–water partition coefficient (Wildman–Crippen LogP) is 0.764. The van der Waals surface area contributed by atoms with Gasteiger partial charge in [-0.15, -0.1) is 0 Å². The van der Waals surface area contributed by atoms with Crippen molar-refractivity contribution in [2.24, 2.45) is 0 Å². The van der Waals surface area contributed by atoms with Gasteiger partial charge < -0.3 is 9.47 Å². The van der Waals surface area contributed by atoms with Gasteiger partial charge >= 0.3 is 0 Å². The van der Waals surface area contributed by atoms with Crippen LogP contribution < -0.4 is 0 Å². The maximum Gasteiger partial charge on any atom is 0.168 e. The first-order valence-corrected chi connectivity index (χ1v) is 5.46. The highest BCUT2D eigenvalue weighted by Crippen LogP contribution is 1.96. The Morgan fingerprint density at radius 2 is 1.73 bits per heavy atom. The lowest BCUT2D eigenvalue weighted by Gasteiger charge is -2.14. The first-order chi connectivity index (χ1) is 5.20. The third-order valence-electron chi connectivity index (χ3n) is 1.08. The Morgan fingerprint density at radius 3 is 2.00 bits per heavy atom. The minimum Gasteiger partial charge on any atom is -0.352 e. The summed E-state index contributed by atoms with van der Waals surface area (Å²) in [4.78, 5) is 0. The minimum absolute atomic E-state index is 0.296. The zero-order chi connectivity index (χ0) is 8.69. The number of hydrogen-bond acceptors (Lipinski definition) is 3. The van der Waals surface area contributed by atoms with E-state index in [-0.39, 0.29) is 6.29 Å². The van der Waals surface area contributed by atoms with Crippen molar-refractivity contribution in [2.75, 3.05) is 25.2 Å². The summed E-state index contributed by atoms with van der Waals surface area (Å²) in [5.74, 6) is 0.460. The average Bonchev–Trinajstić information content (AvgIpc) is 1.87. The Bertz CT molecular complexity index is 110. The first kappa shape index (κ1) is 11.1. The highest BCUT2D eigenvalue weighted by Gasteiger charge is 2.08. The Labute approximate surface area is 70.5 Å². The van der Waals surface area contributed by atoms with Crippen molar-refractivity contribution in [1.29, 1.82) is 0 Å². The smallest absolute Gasteiger partial charge is 0.168 e. The van der Waals surface area contributed by atoms with Crippen LogP contribution in [-0.4, -0.2) is 35.7 Å². The second kappa shape index (κ2) is 6.76. The molecule has 0 rings (SSSR count). The summed E-state index contributed by atoms with van der Waals surface area (Å²) in [7, 11) is -0.849. The van der Waals surface area contributed by atoms with E-state index in [1.165, 1.54) is 0 Å². The van der Waals surface area contributed by atoms with Gasteiger partial charge in [0.05, 0.1) is 5.75 Å². The molecule has 4 heteroatoms. The first-order valence-electron chi connectivity index (χ1n) is 3.73. The maximum absolute atomic E-state index is 10.8. The second-order valence-electron chi connectivity index (χ2n) is 2.08. The van der Waals surface area contributed by atoms with E-state index in [4.69, 9.17) is 9.47 Å². The molecule has 0 aromatic rings. The van der Waals surface area contributed by atoms with Crippen LogP contribution in [0.1, 0.15) is 13.8 Å². The zero-order valence-corrected chi connectivity index (χ0v) is 8.15. The van der Waals surface area contributed by atoms with Crippen LogP contribution in [0.25, 0.3) is 0 Å². The SMILES string of the molecule is CCOC(CS(C)=O)OCC. The van der Waals surface area contributed by atoms with Crippen molar-refractivity contribution in [2.45, 2.75) is 20.1 Å². The lowest BCUT2D eigenvalue weighted by atomic mass is 10.7. The molecule has 0 aliphatic heterocycles. The Morgan fingerprint density at radius 1 is 1.27 bits per heavy atom. The van der Waals surface area contributed by atoms with Gasteiger partial charge in [-0.05, 0) is 13.8 Å². The van der Waals surface area contributed by atoms with E-state index in [2.05, 4.69) is 0 Å². The molecule has 0 bridgehead atoms. The minimum atomic E-state index is -0.849. The molecule has 3 nitrogen and oxygen atoms in total. The molecule has 0 aromatic carbocycles. The van der Waals surface area contributed by atoms with Gasteiger partial charge in [0.15, 0.2) is 6.29 Å². The van der Waals surface area contributed by atoms with Gasteiger partial charge in [0.1, 0.15) is 0 Å². The standard InChI is InChI=1S/C7H16O3S/c1-4-9-7(10-5-2)6-11(3)8/h7H,4-6H2,1-3H3. The van der Waals surface area contributed by atoms with E-state index in [1.807, 2.05) is 13.8 Å². The normalized spacial score (nSPS) is 13.8. The molecule has 0 N–H and O–H groups in total. The van der Waals surface area contributed by atoms with E-state index < -0.39 is 10.8 Å². The summed E-state index contributed by atoms with van der Waals surface area (Å²) in [6.07, 6.45) is 1.35. The third kappa shape index (κ3) is 6.47. The molecule has 1 atom stereocenters. The molecule has 0 saturated carbocycles. The second-order valence-corrected chi connectivity index (χ2v) is 3.56. The lowest BCUT2D eigenvalue weighted by molar-refractivity contribution is -0.120. The van der Waals surface area contributed by atoms with Gasteiger partial charge in [0.2, 0.25) is 0 Å². The molecule has 0 heterocycles. The summed E-state index contributed by atoms with van der Waals surface area (Å²) in [5.41, 5.74) is 0. The fourth-order valence-corrected chi connectivity index (χ4v) is 1.28. The molecule has 68 valence electrons. The number of rotatable bonds is 6. The molecule has 0 spiro atoms. The largest absolute Gasteiger partial charge is 0.352 e. The van der Waals surface area contributed by atoms with Crippen LogP contribution in [0.4, 0.5) is 0 Å². The van der Waals surface area contributed by atoms with Gasteiger partial charge in [-0.25, -0.2) is 0 Å². The van der Waals surface area contributed by atoms with E-state index in [0.717, 1.165) is 0 Å². The predicted molar refractivity (Wildman–Crippen MR) is 46.0 cm³/mol. The Balaban J connectivity index is 3.59. The maximum atomic E-state index is 10.8. The molecule has 0 aromatic heterocycles. The van der Waals surface area contributed by atoms with Crippen LogP contribution in [0.15, 0.2) is 0 Å². The van der Waals surface area contributed by atoms with Crippen molar-refractivity contribution in [3.8, 4) is 0 Å². The van der Waals surface area contributed by atoms with E-state index in [1.54, 1.807) is 6.26 Å². The number of hydrogen-bond donors (Lipinski definition) is 0. The van der Waals surface area contributed by atoms with Crippen molar-refractivity contribution in [3.05, 3.63) is 0 Å². The number of ether oxygens (including phenoxy) is 2. The highest BCUT2D eigenvalue weighted by molar-refractivity contribution is 7.84. The summed E-state index contributed by atoms with van der Waals surface area (Å²) in [5, 5.41) is 0. The molecular formula is C7H16O3S. The van der Waals surface area contributed by atoms with Crippen molar-refractivity contribution in [1.82, 2.24) is 0 Å². The van der Waals surface area contributed by atoms with Crippen LogP contribution in [0.5, 0.6) is 0 Å². The summed E-state index contributed by atoms with van der Waals surface area (Å²) >= 11 is 0. The fourth-order valence-electron chi connectivity index (χ4n) is 0.708.